The van der Waals surface area contributed by atoms with E-state index >= 15 is 0 Å². The van der Waals surface area contributed by atoms with Crippen LogP contribution in [0.2, 0.25) is 0 Å². The summed E-state index contributed by atoms with van der Waals surface area (Å²) in [7, 11) is 0.0402. The molecule has 0 bridgehead atoms. The van der Waals surface area contributed by atoms with E-state index in [4.69, 9.17) is 0 Å². The number of hydrogen-bond donors (Lipinski definition) is 0. The molecule has 0 spiro atoms. The first-order valence-electron chi connectivity index (χ1n) is 9.46. The number of rotatable bonds is 5. The van der Waals surface area contributed by atoms with Crippen LogP contribution in [0, 0.1) is 5.92 Å². The van der Waals surface area contributed by atoms with E-state index in [1.165, 1.54) is 18.7 Å². The van der Waals surface area contributed by atoms with Gasteiger partial charge in [-0.3, -0.25) is 0 Å². The van der Waals surface area contributed by atoms with Crippen LogP contribution in [-0.4, -0.2) is 32.9 Å². The van der Waals surface area contributed by atoms with Crippen LogP contribution in [-0.2, 0) is 0 Å². The molecule has 0 fully saturated rings. The van der Waals surface area contributed by atoms with Gasteiger partial charge < -0.3 is 0 Å². The summed E-state index contributed by atoms with van der Waals surface area (Å²) in [6.45, 7) is 32.0. The molecule has 0 aliphatic heterocycles. The lowest BCUT2D eigenvalue weighted by Crippen LogP contribution is -2.32. The summed E-state index contributed by atoms with van der Waals surface area (Å²) in [5.74, 6) is 0.893. The average molecular weight is 361 g/mol. The first-order valence-corrected chi connectivity index (χ1v) is 12.5. The monoisotopic (exact) mass is 360 g/mol. The van der Waals surface area contributed by atoms with Crippen LogP contribution in [0.1, 0.15) is 96.4 Å². The van der Waals surface area contributed by atoms with Gasteiger partial charge in [-0.1, -0.05) is 112 Å². The first-order chi connectivity index (χ1) is 9.90. The van der Waals surface area contributed by atoms with E-state index in [0.717, 1.165) is 5.92 Å². The molecule has 0 unspecified atom stereocenters. The van der Waals surface area contributed by atoms with Crippen molar-refractivity contribution in [1.29, 1.82) is 0 Å². The van der Waals surface area contributed by atoms with Gasteiger partial charge in [-0.05, 0) is 38.9 Å². The maximum Gasteiger partial charge on any atom is -0.0175 e. The van der Waals surface area contributed by atoms with E-state index in [1.54, 1.807) is 0 Å². The molecule has 0 rings (SSSR count). The molecular formula is C21H46P2. The van der Waals surface area contributed by atoms with Gasteiger partial charge in [0, 0.05) is 0 Å². The van der Waals surface area contributed by atoms with Crippen molar-refractivity contribution in [3.8, 4) is 0 Å². The quantitative estimate of drug-likeness (QED) is 0.434. The fourth-order valence-corrected chi connectivity index (χ4v) is 12.2. The summed E-state index contributed by atoms with van der Waals surface area (Å²) >= 11 is 0. The van der Waals surface area contributed by atoms with Crippen molar-refractivity contribution in [3.05, 3.63) is 0 Å². The predicted molar refractivity (Wildman–Crippen MR) is 116 cm³/mol. The van der Waals surface area contributed by atoms with Crippen molar-refractivity contribution in [2.75, 3.05) is 12.3 Å². The second kappa shape index (κ2) is 8.04. The standard InChI is InChI=1S/C21H46P2/c1-14-17(15-22(18(2,3)4)19(5,6)7)16-23(20(8,9)10)21(11,12)13/h17H,14-16H2,1-13H3. The van der Waals surface area contributed by atoms with Crippen molar-refractivity contribution in [2.45, 2.75) is 117 Å². The Hall–Kier alpha value is 0.860. The minimum absolute atomic E-state index is 0.0201. The smallest absolute Gasteiger partial charge is 0.0175 e. The minimum atomic E-state index is 0.0201. The Labute approximate surface area is 151 Å². The van der Waals surface area contributed by atoms with Gasteiger partial charge in [0.05, 0.1) is 0 Å². The topological polar surface area (TPSA) is 0 Å². The fourth-order valence-electron chi connectivity index (χ4n) is 3.94. The van der Waals surface area contributed by atoms with E-state index in [-0.39, 0.29) is 15.8 Å². The molecule has 140 valence electrons. The van der Waals surface area contributed by atoms with Crippen LogP contribution in [0.15, 0.2) is 0 Å². The second-order valence-electron chi connectivity index (χ2n) is 11.2. The number of hydrogen-bond acceptors (Lipinski definition) is 0. The molecular weight excluding hydrogens is 314 g/mol. The van der Waals surface area contributed by atoms with Crippen LogP contribution in [0.3, 0.4) is 0 Å². The van der Waals surface area contributed by atoms with E-state index < -0.39 is 0 Å². The van der Waals surface area contributed by atoms with E-state index in [9.17, 15) is 0 Å². The Morgan fingerprint density at radius 1 is 0.522 bits per heavy atom. The fraction of sp³-hybridized carbons (Fsp3) is 1.00. The summed E-state index contributed by atoms with van der Waals surface area (Å²) < 4.78 is 0. The Morgan fingerprint density at radius 2 is 0.739 bits per heavy atom. The molecule has 0 nitrogen and oxygen atoms in total. The summed E-state index contributed by atoms with van der Waals surface area (Å²) in [6, 6.07) is 0. The molecule has 0 heterocycles. The van der Waals surface area contributed by atoms with E-state index in [1.807, 2.05) is 0 Å². The zero-order chi connectivity index (χ0) is 18.9. The van der Waals surface area contributed by atoms with Gasteiger partial charge in [-0.15, -0.1) is 0 Å². The van der Waals surface area contributed by atoms with Crippen molar-refractivity contribution in [3.63, 3.8) is 0 Å². The highest BCUT2D eigenvalue weighted by Gasteiger charge is 2.39. The lowest BCUT2D eigenvalue weighted by Gasteiger charge is -2.47. The van der Waals surface area contributed by atoms with E-state index in [0.29, 0.717) is 20.6 Å². The third kappa shape index (κ3) is 8.19. The SMILES string of the molecule is CCC(CP(C(C)(C)C)C(C)(C)C)CP(C(C)(C)C)C(C)(C)C. The average Bonchev–Trinajstić information content (AvgIpc) is 2.21. The molecule has 0 atom stereocenters. The van der Waals surface area contributed by atoms with Gasteiger partial charge in [0.15, 0.2) is 0 Å². The highest BCUT2D eigenvalue weighted by atomic mass is 31.1. The predicted octanol–water partition coefficient (Wildman–Crippen LogP) is 8.17. The van der Waals surface area contributed by atoms with Gasteiger partial charge in [-0.2, -0.15) is 0 Å². The van der Waals surface area contributed by atoms with Crippen molar-refractivity contribution < 1.29 is 0 Å². The highest BCUT2D eigenvalue weighted by molar-refractivity contribution is 7.62. The molecule has 0 aliphatic rings. The summed E-state index contributed by atoms with van der Waals surface area (Å²) in [6.07, 6.45) is 4.24. The molecule has 0 N–H and O–H groups in total. The Bertz CT molecular complexity index is 282. The largest absolute Gasteiger partial charge is 0.0953 e. The van der Waals surface area contributed by atoms with Crippen LogP contribution < -0.4 is 0 Å². The molecule has 2 heteroatoms. The van der Waals surface area contributed by atoms with Crippen LogP contribution in [0.25, 0.3) is 0 Å². The molecule has 0 aromatic rings. The minimum Gasteiger partial charge on any atom is -0.0953 e. The second-order valence-corrected chi connectivity index (χ2v) is 19.0. The Balaban J connectivity index is 5.36. The molecule has 0 aromatic heterocycles. The molecule has 0 amide bonds. The molecule has 0 saturated carbocycles. The Morgan fingerprint density at radius 3 is 0.870 bits per heavy atom. The third-order valence-corrected chi connectivity index (χ3v) is 12.9. The Kier molecular flexibility index (Phi) is 8.34. The van der Waals surface area contributed by atoms with E-state index in [2.05, 4.69) is 90.0 Å². The first kappa shape index (κ1) is 23.9. The summed E-state index contributed by atoms with van der Waals surface area (Å²) in [5, 5.41) is 1.81. The third-order valence-electron chi connectivity index (χ3n) is 4.70. The molecule has 0 radical (unpaired) electrons. The van der Waals surface area contributed by atoms with Gasteiger partial charge in [0.2, 0.25) is 0 Å². The van der Waals surface area contributed by atoms with Crippen molar-refractivity contribution in [1.82, 2.24) is 0 Å². The maximum absolute atomic E-state index is 2.47. The lowest BCUT2D eigenvalue weighted by molar-refractivity contribution is 0.597. The lowest BCUT2D eigenvalue weighted by atomic mass is 10.1. The van der Waals surface area contributed by atoms with Crippen molar-refractivity contribution >= 4 is 15.8 Å². The van der Waals surface area contributed by atoms with Gasteiger partial charge in [0.1, 0.15) is 0 Å². The maximum atomic E-state index is 2.47. The normalized spacial score (nSPS) is 15.1. The zero-order valence-corrected chi connectivity index (χ0v) is 20.4. The van der Waals surface area contributed by atoms with Crippen molar-refractivity contribution in [2.24, 2.45) is 5.92 Å². The van der Waals surface area contributed by atoms with Crippen LogP contribution in [0.5, 0.6) is 0 Å². The van der Waals surface area contributed by atoms with Gasteiger partial charge >= 0.3 is 0 Å². The van der Waals surface area contributed by atoms with Crippen LogP contribution in [0.4, 0.5) is 0 Å². The van der Waals surface area contributed by atoms with Gasteiger partial charge in [0.25, 0.3) is 0 Å². The highest BCUT2D eigenvalue weighted by Crippen LogP contribution is 2.64. The van der Waals surface area contributed by atoms with Gasteiger partial charge in [-0.25, -0.2) is 0 Å². The molecule has 0 aromatic carbocycles. The van der Waals surface area contributed by atoms with Crippen LogP contribution >= 0.6 is 15.8 Å². The molecule has 23 heavy (non-hydrogen) atoms. The zero-order valence-electron chi connectivity index (χ0n) is 18.6. The molecule has 0 saturated heterocycles. The molecule has 0 aliphatic carbocycles. The summed E-state index contributed by atoms with van der Waals surface area (Å²) in [4.78, 5) is 0. The summed E-state index contributed by atoms with van der Waals surface area (Å²) in [5.41, 5.74) is 0.